The molecule has 0 aliphatic heterocycles. The second-order valence-electron chi connectivity index (χ2n) is 7.50. The lowest BCUT2D eigenvalue weighted by Gasteiger charge is -2.11. The SMILES string of the molecule is Cc1cc(NCc2nc3ccccc3n2C2CC2)nc(-c2cccc([N+](=O)[O-])c2)n1. The normalized spacial score (nSPS) is 13.5. The molecule has 1 aliphatic rings. The fraction of sp³-hybridized carbons (Fsp3) is 0.227. The number of nitro benzene ring substituents is 1. The number of hydrogen-bond donors (Lipinski definition) is 1. The minimum absolute atomic E-state index is 0.0188. The van der Waals surface area contributed by atoms with Crippen LogP contribution in [0.25, 0.3) is 22.4 Å². The molecule has 0 unspecified atom stereocenters. The van der Waals surface area contributed by atoms with Crippen molar-refractivity contribution in [2.75, 3.05) is 5.32 Å². The van der Waals surface area contributed by atoms with Crippen molar-refractivity contribution in [1.82, 2.24) is 19.5 Å². The van der Waals surface area contributed by atoms with Gasteiger partial charge in [0, 0.05) is 35.5 Å². The molecule has 0 radical (unpaired) electrons. The van der Waals surface area contributed by atoms with Gasteiger partial charge in [0.1, 0.15) is 11.6 Å². The summed E-state index contributed by atoms with van der Waals surface area (Å²) in [6, 6.07) is 16.9. The minimum atomic E-state index is -0.416. The Bertz CT molecular complexity index is 1260. The first kappa shape index (κ1) is 18.2. The topological polar surface area (TPSA) is 98.8 Å². The van der Waals surface area contributed by atoms with Gasteiger partial charge in [0.15, 0.2) is 5.82 Å². The first-order chi connectivity index (χ1) is 14.6. The second-order valence-corrected chi connectivity index (χ2v) is 7.50. The fourth-order valence-corrected chi connectivity index (χ4v) is 3.68. The number of para-hydroxylation sites is 2. The predicted molar refractivity (Wildman–Crippen MR) is 114 cm³/mol. The largest absolute Gasteiger partial charge is 0.363 e. The van der Waals surface area contributed by atoms with Crippen molar-refractivity contribution in [3.8, 4) is 11.4 Å². The summed E-state index contributed by atoms with van der Waals surface area (Å²) in [6.07, 6.45) is 2.35. The van der Waals surface area contributed by atoms with E-state index >= 15 is 0 Å². The molecule has 1 aliphatic carbocycles. The molecular formula is C22H20N6O2. The molecule has 4 aromatic rings. The molecule has 0 bridgehead atoms. The van der Waals surface area contributed by atoms with Crippen LogP contribution in [0.3, 0.4) is 0 Å². The summed E-state index contributed by atoms with van der Waals surface area (Å²) < 4.78 is 2.32. The Hall–Kier alpha value is -3.81. The number of hydrogen-bond acceptors (Lipinski definition) is 6. The van der Waals surface area contributed by atoms with E-state index in [4.69, 9.17) is 4.98 Å². The molecule has 1 fully saturated rings. The molecular weight excluding hydrogens is 380 g/mol. The zero-order valence-electron chi connectivity index (χ0n) is 16.4. The van der Waals surface area contributed by atoms with Gasteiger partial charge in [0.25, 0.3) is 5.69 Å². The van der Waals surface area contributed by atoms with Gasteiger partial charge >= 0.3 is 0 Å². The number of rotatable bonds is 6. The Morgan fingerprint density at radius 1 is 1.10 bits per heavy atom. The van der Waals surface area contributed by atoms with E-state index in [1.165, 1.54) is 25.0 Å². The van der Waals surface area contributed by atoms with Crippen molar-refractivity contribution in [2.24, 2.45) is 0 Å². The monoisotopic (exact) mass is 400 g/mol. The molecule has 150 valence electrons. The van der Waals surface area contributed by atoms with Gasteiger partial charge in [0.2, 0.25) is 0 Å². The van der Waals surface area contributed by atoms with Crippen LogP contribution in [0.4, 0.5) is 11.5 Å². The van der Waals surface area contributed by atoms with Crippen LogP contribution in [-0.2, 0) is 6.54 Å². The van der Waals surface area contributed by atoms with Gasteiger partial charge in [-0.15, -0.1) is 0 Å². The number of anilines is 1. The summed E-state index contributed by atoms with van der Waals surface area (Å²) in [7, 11) is 0. The standard InChI is InChI=1S/C22H20N6O2/c1-14-11-20(26-22(24-14)15-5-4-6-17(12-15)28(29)30)23-13-21-25-18-7-2-3-8-19(18)27(21)16-9-10-16/h2-8,11-12,16H,9-10,13H2,1H3,(H,23,24,26). The van der Waals surface area contributed by atoms with Gasteiger partial charge in [-0.3, -0.25) is 10.1 Å². The molecule has 8 heteroatoms. The van der Waals surface area contributed by atoms with Gasteiger partial charge in [-0.25, -0.2) is 15.0 Å². The molecule has 8 nitrogen and oxygen atoms in total. The molecule has 1 N–H and O–H groups in total. The van der Waals surface area contributed by atoms with Crippen LogP contribution in [-0.4, -0.2) is 24.4 Å². The number of aromatic nitrogens is 4. The third kappa shape index (κ3) is 3.47. The van der Waals surface area contributed by atoms with Crippen LogP contribution < -0.4 is 5.32 Å². The maximum atomic E-state index is 11.1. The van der Waals surface area contributed by atoms with E-state index in [0.717, 1.165) is 22.6 Å². The Labute approximate surface area is 172 Å². The molecule has 0 saturated heterocycles. The van der Waals surface area contributed by atoms with Crippen molar-refractivity contribution in [2.45, 2.75) is 32.4 Å². The van der Waals surface area contributed by atoms with Crippen molar-refractivity contribution >= 4 is 22.5 Å². The number of imidazole rings is 1. The highest BCUT2D eigenvalue weighted by atomic mass is 16.6. The van der Waals surface area contributed by atoms with E-state index < -0.39 is 4.92 Å². The average molecular weight is 400 g/mol. The summed E-state index contributed by atoms with van der Waals surface area (Å²) in [5, 5.41) is 14.5. The number of nitrogens with one attached hydrogen (secondary N) is 1. The molecule has 30 heavy (non-hydrogen) atoms. The lowest BCUT2D eigenvalue weighted by molar-refractivity contribution is -0.384. The summed E-state index contributed by atoms with van der Waals surface area (Å²) in [4.78, 5) is 24.5. The second kappa shape index (κ2) is 7.22. The Balaban J connectivity index is 1.44. The lowest BCUT2D eigenvalue weighted by Crippen LogP contribution is -2.09. The average Bonchev–Trinajstić information content (AvgIpc) is 3.52. The molecule has 0 spiro atoms. The van der Waals surface area contributed by atoms with Crippen molar-refractivity contribution in [1.29, 1.82) is 0 Å². The van der Waals surface area contributed by atoms with E-state index in [0.29, 0.717) is 29.8 Å². The van der Waals surface area contributed by atoms with Crippen LogP contribution in [0.2, 0.25) is 0 Å². The summed E-state index contributed by atoms with van der Waals surface area (Å²) in [5.74, 6) is 2.10. The van der Waals surface area contributed by atoms with Crippen LogP contribution in [0.15, 0.2) is 54.6 Å². The zero-order valence-corrected chi connectivity index (χ0v) is 16.4. The number of non-ortho nitro benzene ring substituents is 1. The highest BCUT2D eigenvalue weighted by Crippen LogP contribution is 2.38. The highest BCUT2D eigenvalue weighted by molar-refractivity contribution is 5.76. The van der Waals surface area contributed by atoms with Gasteiger partial charge in [-0.1, -0.05) is 24.3 Å². The van der Waals surface area contributed by atoms with E-state index in [2.05, 4.69) is 25.9 Å². The van der Waals surface area contributed by atoms with Gasteiger partial charge in [-0.05, 0) is 31.9 Å². The fourth-order valence-electron chi connectivity index (χ4n) is 3.68. The van der Waals surface area contributed by atoms with Gasteiger partial charge in [-0.2, -0.15) is 0 Å². The Kier molecular flexibility index (Phi) is 4.39. The van der Waals surface area contributed by atoms with Crippen LogP contribution in [0.1, 0.15) is 30.4 Å². The van der Waals surface area contributed by atoms with Crippen molar-refractivity contribution in [3.63, 3.8) is 0 Å². The van der Waals surface area contributed by atoms with Crippen LogP contribution in [0.5, 0.6) is 0 Å². The van der Waals surface area contributed by atoms with Crippen LogP contribution >= 0.6 is 0 Å². The zero-order chi connectivity index (χ0) is 20.7. The van der Waals surface area contributed by atoms with E-state index in [1.807, 2.05) is 31.2 Å². The molecule has 1 saturated carbocycles. The third-order valence-electron chi connectivity index (χ3n) is 5.18. The molecule has 0 amide bonds. The number of aryl methyl sites for hydroxylation is 1. The molecule has 2 heterocycles. The van der Waals surface area contributed by atoms with Crippen LogP contribution in [0, 0.1) is 17.0 Å². The van der Waals surface area contributed by atoms with Crippen molar-refractivity contribution in [3.05, 3.63) is 76.2 Å². The van der Waals surface area contributed by atoms with Gasteiger partial charge < -0.3 is 9.88 Å². The Morgan fingerprint density at radius 3 is 2.73 bits per heavy atom. The quantitative estimate of drug-likeness (QED) is 0.373. The number of nitrogens with zero attached hydrogens (tertiary/aromatic N) is 5. The Morgan fingerprint density at radius 2 is 1.93 bits per heavy atom. The number of benzene rings is 2. The smallest absolute Gasteiger partial charge is 0.270 e. The summed E-state index contributed by atoms with van der Waals surface area (Å²) in [6.45, 7) is 2.42. The molecule has 0 atom stereocenters. The van der Waals surface area contributed by atoms with E-state index in [-0.39, 0.29) is 5.69 Å². The highest BCUT2D eigenvalue weighted by Gasteiger charge is 2.28. The third-order valence-corrected chi connectivity index (χ3v) is 5.18. The maximum Gasteiger partial charge on any atom is 0.270 e. The summed E-state index contributed by atoms with van der Waals surface area (Å²) >= 11 is 0. The van der Waals surface area contributed by atoms with E-state index in [1.54, 1.807) is 12.1 Å². The molecule has 2 aromatic carbocycles. The number of nitro groups is 1. The number of fused-ring (bicyclic) bond motifs is 1. The summed E-state index contributed by atoms with van der Waals surface area (Å²) in [5.41, 5.74) is 3.57. The predicted octanol–water partition coefficient (Wildman–Crippen LogP) is 4.66. The van der Waals surface area contributed by atoms with E-state index in [9.17, 15) is 10.1 Å². The first-order valence-electron chi connectivity index (χ1n) is 9.89. The maximum absolute atomic E-state index is 11.1. The first-order valence-corrected chi connectivity index (χ1v) is 9.89. The lowest BCUT2D eigenvalue weighted by atomic mass is 10.2. The molecule has 5 rings (SSSR count). The van der Waals surface area contributed by atoms with Crippen molar-refractivity contribution < 1.29 is 4.92 Å². The van der Waals surface area contributed by atoms with Gasteiger partial charge in [0.05, 0.1) is 22.5 Å². The minimum Gasteiger partial charge on any atom is -0.363 e. The molecule has 2 aromatic heterocycles.